The van der Waals surface area contributed by atoms with Crippen LogP contribution >= 0.6 is 23.2 Å². The summed E-state index contributed by atoms with van der Waals surface area (Å²) in [6, 6.07) is 3.61. The Balaban J connectivity index is 1.95. The molecule has 1 aliphatic rings. The summed E-state index contributed by atoms with van der Waals surface area (Å²) in [7, 11) is 0. The third kappa shape index (κ3) is 3.09. The molecule has 0 radical (unpaired) electrons. The van der Waals surface area contributed by atoms with E-state index >= 15 is 0 Å². The molecule has 1 N–H and O–H groups in total. The van der Waals surface area contributed by atoms with Crippen molar-refractivity contribution in [2.24, 2.45) is 5.10 Å². The van der Waals surface area contributed by atoms with E-state index in [4.69, 9.17) is 27.9 Å². The molecule has 0 fully saturated rings. The van der Waals surface area contributed by atoms with Gasteiger partial charge in [0.15, 0.2) is 5.82 Å². The van der Waals surface area contributed by atoms with Gasteiger partial charge in [-0.3, -0.25) is 10.4 Å². The minimum atomic E-state index is 0.420. The number of ether oxygens (including phenoxy) is 1. The number of halogens is 2. The van der Waals surface area contributed by atoms with Crippen LogP contribution < -0.4 is 10.2 Å². The van der Waals surface area contributed by atoms with Crippen molar-refractivity contribution in [1.82, 2.24) is 9.97 Å². The minimum Gasteiger partial charge on any atom is -0.491 e. The first kappa shape index (κ1) is 14.1. The molecule has 1 aliphatic heterocycles. The highest BCUT2D eigenvalue weighted by molar-refractivity contribution is 6.43. The Labute approximate surface area is 132 Å². The lowest BCUT2D eigenvalue weighted by atomic mass is 10.1. The molecule has 0 saturated heterocycles. The molecule has 0 saturated carbocycles. The highest BCUT2D eigenvalue weighted by Crippen LogP contribution is 2.37. The summed E-state index contributed by atoms with van der Waals surface area (Å²) in [5, 5.41) is 5.30. The highest BCUT2D eigenvalue weighted by Gasteiger charge is 2.19. The predicted molar refractivity (Wildman–Crippen MR) is 83.4 cm³/mol. The van der Waals surface area contributed by atoms with Crippen molar-refractivity contribution in [3.8, 4) is 5.75 Å². The van der Waals surface area contributed by atoms with Crippen LogP contribution in [0.15, 0.2) is 35.8 Å². The summed E-state index contributed by atoms with van der Waals surface area (Å²) in [4.78, 5) is 8.09. The van der Waals surface area contributed by atoms with E-state index in [0.29, 0.717) is 28.2 Å². The predicted octanol–water partition coefficient (Wildman–Crippen LogP) is 3.77. The molecule has 1 aromatic heterocycles. The first-order valence-electron chi connectivity index (χ1n) is 6.45. The Hall–Kier alpha value is -1.85. The lowest BCUT2D eigenvalue weighted by Gasteiger charge is -2.11. The zero-order chi connectivity index (χ0) is 14.7. The molecule has 21 heavy (non-hydrogen) atoms. The van der Waals surface area contributed by atoms with Crippen molar-refractivity contribution in [1.29, 1.82) is 0 Å². The Kier molecular flexibility index (Phi) is 4.22. The molecule has 108 valence electrons. The molecule has 0 unspecified atom stereocenters. The van der Waals surface area contributed by atoms with Gasteiger partial charge >= 0.3 is 0 Å². The fraction of sp³-hybridized carbons (Fsp3) is 0.214. The molecule has 0 bridgehead atoms. The second-order valence-electron chi connectivity index (χ2n) is 4.45. The first-order chi connectivity index (χ1) is 10.3. The van der Waals surface area contributed by atoms with Gasteiger partial charge in [-0.2, -0.15) is 5.10 Å². The second-order valence-corrected chi connectivity index (χ2v) is 5.24. The Morgan fingerprint density at radius 3 is 2.95 bits per heavy atom. The van der Waals surface area contributed by atoms with Crippen molar-refractivity contribution in [3.05, 3.63) is 46.3 Å². The van der Waals surface area contributed by atoms with Gasteiger partial charge in [0, 0.05) is 18.0 Å². The number of hydrazone groups is 1. The number of hydrogen-bond acceptors (Lipinski definition) is 5. The monoisotopic (exact) mass is 322 g/mol. The average Bonchev–Trinajstić information content (AvgIpc) is 2.72. The number of nitrogens with one attached hydrogen (secondary N) is 1. The summed E-state index contributed by atoms with van der Waals surface area (Å²) in [5.74, 6) is 1.16. The van der Waals surface area contributed by atoms with Crippen LogP contribution in [0.2, 0.25) is 10.0 Å². The SMILES string of the molecule is Clc1ccc2c(c1Cl)OCCCC2=NNc1cnccn1. The topological polar surface area (TPSA) is 59.4 Å². The average molecular weight is 323 g/mol. The highest BCUT2D eigenvalue weighted by atomic mass is 35.5. The quantitative estimate of drug-likeness (QED) is 0.855. The molecule has 0 amide bonds. The van der Waals surface area contributed by atoms with Gasteiger partial charge in [-0.25, -0.2) is 4.98 Å². The fourth-order valence-corrected chi connectivity index (χ4v) is 2.41. The van der Waals surface area contributed by atoms with Crippen LogP contribution in [-0.4, -0.2) is 22.3 Å². The van der Waals surface area contributed by atoms with Crippen molar-refractivity contribution >= 4 is 34.7 Å². The summed E-state index contributed by atoms with van der Waals surface area (Å²) in [6.45, 7) is 0.581. The molecule has 0 spiro atoms. The third-order valence-corrected chi connectivity index (χ3v) is 3.82. The van der Waals surface area contributed by atoms with E-state index < -0.39 is 0 Å². The molecular formula is C14H12Cl2N4O. The van der Waals surface area contributed by atoms with Crippen LogP contribution in [0.25, 0.3) is 0 Å². The maximum Gasteiger partial charge on any atom is 0.164 e. The number of anilines is 1. The first-order valence-corrected chi connectivity index (χ1v) is 7.21. The largest absolute Gasteiger partial charge is 0.491 e. The van der Waals surface area contributed by atoms with Crippen molar-refractivity contribution < 1.29 is 4.74 Å². The normalized spacial score (nSPS) is 16.0. The Morgan fingerprint density at radius 2 is 2.14 bits per heavy atom. The standard InChI is InChI=1S/C14H12Cl2N4O/c15-10-4-3-9-11(2-1-7-21-14(9)13(10)16)19-20-12-8-17-5-6-18-12/h3-6,8H,1-2,7H2,(H,18,20). The number of benzene rings is 1. The minimum absolute atomic E-state index is 0.420. The number of fused-ring (bicyclic) bond motifs is 1. The number of hydrogen-bond donors (Lipinski definition) is 1. The molecular weight excluding hydrogens is 311 g/mol. The van der Waals surface area contributed by atoms with Gasteiger partial charge in [0.05, 0.1) is 23.5 Å². The summed E-state index contributed by atoms with van der Waals surface area (Å²) < 4.78 is 5.69. The van der Waals surface area contributed by atoms with Crippen LogP contribution in [0, 0.1) is 0 Å². The van der Waals surface area contributed by atoms with E-state index in [0.717, 1.165) is 24.1 Å². The van der Waals surface area contributed by atoms with E-state index in [-0.39, 0.29) is 0 Å². The van der Waals surface area contributed by atoms with E-state index in [2.05, 4.69) is 20.5 Å². The Bertz CT molecular complexity index is 676. The van der Waals surface area contributed by atoms with E-state index in [1.54, 1.807) is 24.7 Å². The fourth-order valence-electron chi connectivity index (χ4n) is 2.05. The maximum absolute atomic E-state index is 6.21. The van der Waals surface area contributed by atoms with Crippen molar-refractivity contribution in [2.75, 3.05) is 12.0 Å². The Morgan fingerprint density at radius 1 is 1.24 bits per heavy atom. The molecule has 7 heteroatoms. The van der Waals surface area contributed by atoms with E-state index in [1.165, 1.54) is 0 Å². The molecule has 2 heterocycles. The molecule has 0 aliphatic carbocycles. The lowest BCUT2D eigenvalue weighted by molar-refractivity contribution is 0.318. The zero-order valence-electron chi connectivity index (χ0n) is 11.0. The van der Waals surface area contributed by atoms with Crippen molar-refractivity contribution in [3.63, 3.8) is 0 Å². The number of nitrogens with zero attached hydrogens (tertiary/aromatic N) is 3. The van der Waals surface area contributed by atoms with Crippen LogP contribution in [0.4, 0.5) is 5.82 Å². The summed E-state index contributed by atoms with van der Waals surface area (Å²) in [6.07, 6.45) is 6.44. The molecule has 5 nitrogen and oxygen atoms in total. The van der Waals surface area contributed by atoms with Crippen LogP contribution in [-0.2, 0) is 0 Å². The molecule has 0 atom stereocenters. The summed E-state index contributed by atoms with van der Waals surface area (Å²) >= 11 is 12.2. The number of rotatable bonds is 2. The second kappa shape index (κ2) is 6.28. The van der Waals surface area contributed by atoms with Crippen LogP contribution in [0.3, 0.4) is 0 Å². The van der Waals surface area contributed by atoms with E-state index in [1.807, 2.05) is 6.07 Å². The van der Waals surface area contributed by atoms with Crippen molar-refractivity contribution in [2.45, 2.75) is 12.8 Å². The molecule has 1 aromatic carbocycles. The third-order valence-electron chi connectivity index (χ3n) is 3.03. The summed E-state index contributed by atoms with van der Waals surface area (Å²) in [5.41, 5.74) is 4.60. The lowest BCUT2D eigenvalue weighted by Crippen LogP contribution is -2.05. The van der Waals surface area contributed by atoms with Crippen LogP contribution in [0.5, 0.6) is 5.75 Å². The smallest absolute Gasteiger partial charge is 0.164 e. The number of aromatic nitrogens is 2. The van der Waals surface area contributed by atoms with Gasteiger partial charge in [0.1, 0.15) is 10.8 Å². The van der Waals surface area contributed by atoms with Gasteiger partial charge in [-0.1, -0.05) is 23.2 Å². The van der Waals surface area contributed by atoms with Gasteiger partial charge < -0.3 is 4.74 Å². The maximum atomic E-state index is 6.21. The van der Waals surface area contributed by atoms with Gasteiger partial charge in [0.25, 0.3) is 0 Å². The van der Waals surface area contributed by atoms with E-state index in [9.17, 15) is 0 Å². The zero-order valence-corrected chi connectivity index (χ0v) is 12.5. The van der Waals surface area contributed by atoms with Gasteiger partial charge in [-0.05, 0) is 25.0 Å². The molecule has 3 rings (SSSR count). The van der Waals surface area contributed by atoms with Crippen LogP contribution in [0.1, 0.15) is 18.4 Å². The van der Waals surface area contributed by atoms with Gasteiger partial charge in [0.2, 0.25) is 0 Å². The molecule has 2 aromatic rings. The van der Waals surface area contributed by atoms with Gasteiger partial charge in [-0.15, -0.1) is 0 Å².